The van der Waals surface area contributed by atoms with Crippen LogP contribution in [0.5, 0.6) is 0 Å². The van der Waals surface area contributed by atoms with Crippen LogP contribution in [0.4, 0.5) is 0 Å². The molecule has 1 aliphatic rings. The molecule has 0 heterocycles. The Morgan fingerprint density at radius 2 is 2.09 bits per heavy atom. The second-order valence-electron chi connectivity index (χ2n) is 5.93. The fourth-order valence-corrected chi connectivity index (χ4v) is 2.36. The standard InChI is InChI=1S/C20H26N2/c1-3-16(2)15-22-20(18-12-8-5-9-13-18)14-19(21)17-10-6-4-7-11-17/h4-10,12-14,16-17,21-22H,3,11,15H2,1-2H3/b20-14-,21-19?. The number of hydrogen-bond acceptors (Lipinski definition) is 2. The highest BCUT2D eigenvalue weighted by Gasteiger charge is 2.12. The van der Waals surface area contributed by atoms with Crippen LogP contribution in [-0.2, 0) is 0 Å². The Morgan fingerprint density at radius 3 is 2.73 bits per heavy atom. The van der Waals surface area contributed by atoms with Gasteiger partial charge in [0.2, 0.25) is 0 Å². The van der Waals surface area contributed by atoms with Crippen LogP contribution in [0.1, 0.15) is 32.3 Å². The topological polar surface area (TPSA) is 35.9 Å². The molecule has 22 heavy (non-hydrogen) atoms. The van der Waals surface area contributed by atoms with Crippen LogP contribution in [0.25, 0.3) is 5.70 Å². The summed E-state index contributed by atoms with van der Waals surface area (Å²) in [5.74, 6) is 0.813. The first-order chi connectivity index (χ1) is 10.7. The van der Waals surface area contributed by atoms with Gasteiger partial charge in [0, 0.05) is 23.9 Å². The van der Waals surface area contributed by atoms with Crippen LogP contribution in [-0.4, -0.2) is 12.3 Å². The fourth-order valence-electron chi connectivity index (χ4n) is 2.36. The third-order valence-electron chi connectivity index (χ3n) is 4.10. The molecule has 0 aromatic heterocycles. The molecule has 2 heteroatoms. The van der Waals surface area contributed by atoms with Crippen molar-refractivity contribution in [2.75, 3.05) is 6.54 Å². The predicted molar refractivity (Wildman–Crippen MR) is 96.0 cm³/mol. The summed E-state index contributed by atoms with van der Waals surface area (Å²) in [6.45, 7) is 5.39. The minimum atomic E-state index is 0.189. The summed E-state index contributed by atoms with van der Waals surface area (Å²) in [6, 6.07) is 10.3. The monoisotopic (exact) mass is 294 g/mol. The van der Waals surface area contributed by atoms with Crippen LogP contribution in [0.3, 0.4) is 0 Å². The van der Waals surface area contributed by atoms with Gasteiger partial charge in [0.05, 0.1) is 0 Å². The maximum Gasteiger partial charge on any atom is 0.0432 e. The van der Waals surface area contributed by atoms with Gasteiger partial charge in [0.25, 0.3) is 0 Å². The number of allylic oxidation sites excluding steroid dienone is 5. The van der Waals surface area contributed by atoms with Crippen molar-refractivity contribution in [2.24, 2.45) is 11.8 Å². The average molecular weight is 294 g/mol. The first kappa shape index (κ1) is 16.3. The van der Waals surface area contributed by atoms with E-state index in [0.29, 0.717) is 11.6 Å². The van der Waals surface area contributed by atoms with Gasteiger partial charge in [-0.15, -0.1) is 0 Å². The van der Waals surface area contributed by atoms with Gasteiger partial charge in [-0.25, -0.2) is 0 Å². The van der Waals surface area contributed by atoms with E-state index in [1.54, 1.807) is 0 Å². The lowest BCUT2D eigenvalue weighted by Crippen LogP contribution is -2.21. The predicted octanol–water partition coefficient (Wildman–Crippen LogP) is 4.82. The molecule has 0 fully saturated rings. The van der Waals surface area contributed by atoms with Gasteiger partial charge >= 0.3 is 0 Å². The SMILES string of the molecule is CCC(C)CN/C(=C\C(=N)C1C=CC=CC1)c1ccccc1. The first-order valence-electron chi connectivity index (χ1n) is 8.13. The number of hydrogen-bond donors (Lipinski definition) is 2. The fraction of sp³-hybridized carbons (Fsp3) is 0.350. The molecule has 1 aromatic carbocycles. The van der Waals surface area contributed by atoms with E-state index in [1.165, 1.54) is 0 Å². The van der Waals surface area contributed by atoms with E-state index in [-0.39, 0.29) is 5.92 Å². The quantitative estimate of drug-likeness (QED) is 0.695. The third kappa shape index (κ3) is 4.73. The summed E-state index contributed by atoms with van der Waals surface area (Å²) < 4.78 is 0. The van der Waals surface area contributed by atoms with E-state index >= 15 is 0 Å². The molecule has 0 radical (unpaired) electrons. The molecule has 0 spiro atoms. The summed E-state index contributed by atoms with van der Waals surface area (Å²) in [5, 5.41) is 11.9. The Bertz CT molecular complexity index is 567. The summed E-state index contributed by atoms with van der Waals surface area (Å²) in [7, 11) is 0. The van der Waals surface area contributed by atoms with Gasteiger partial charge in [-0.1, -0.05) is 74.9 Å². The molecule has 0 saturated carbocycles. The molecule has 2 rings (SSSR count). The molecular formula is C20H26N2. The van der Waals surface area contributed by atoms with E-state index < -0.39 is 0 Å². The smallest absolute Gasteiger partial charge is 0.0432 e. The zero-order chi connectivity index (χ0) is 15.8. The van der Waals surface area contributed by atoms with Crippen molar-refractivity contribution in [1.82, 2.24) is 5.32 Å². The zero-order valence-electron chi connectivity index (χ0n) is 13.5. The van der Waals surface area contributed by atoms with Crippen LogP contribution < -0.4 is 5.32 Å². The van der Waals surface area contributed by atoms with Crippen molar-refractivity contribution < 1.29 is 0 Å². The Balaban J connectivity index is 2.15. The minimum Gasteiger partial charge on any atom is -0.384 e. The van der Waals surface area contributed by atoms with Gasteiger partial charge in [-0.05, 0) is 24.0 Å². The first-order valence-corrected chi connectivity index (χ1v) is 8.13. The van der Waals surface area contributed by atoms with Gasteiger partial charge in [-0.3, -0.25) is 0 Å². The molecule has 116 valence electrons. The van der Waals surface area contributed by atoms with Crippen LogP contribution >= 0.6 is 0 Å². The Kier molecular flexibility index (Phi) is 6.20. The van der Waals surface area contributed by atoms with Crippen LogP contribution in [0.15, 0.2) is 60.7 Å². The van der Waals surface area contributed by atoms with Gasteiger partial charge in [0.15, 0.2) is 0 Å². The number of nitrogens with one attached hydrogen (secondary N) is 2. The molecule has 2 N–H and O–H groups in total. The summed E-state index contributed by atoms with van der Waals surface area (Å²) in [6.07, 6.45) is 12.4. The van der Waals surface area contributed by atoms with Gasteiger partial charge < -0.3 is 10.7 Å². The highest BCUT2D eigenvalue weighted by atomic mass is 14.9. The van der Waals surface area contributed by atoms with E-state index in [4.69, 9.17) is 5.41 Å². The molecule has 2 atom stereocenters. The van der Waals surface area contributed by atoms with Crippen molar-refractivity contribution in [1.29, 1.82) is 5.41 Å². The molecule has 0 bridgehead atoms. The lowest BCUT2D eigenvalue weighted by atomic mass is 9.94. The normalized spacial score (nSPS) is 19.0. The highest BCUT2D eigenvalue weighted by Crippen LogP contribution is 2.18. The van der Waals surface area contributed by atoms with E-state index in [9.17, 15) is 0 Å². The van der Waals surface area contributed by atoms with E-state index in [0.717, 1.165) is 30.6 Å². The lowest BCUT2D eigenvalue weighted by Gasteiger charge is -2.17. The number of rotatable bonds is 7. The summed E-state index contributed by atoms with van der Waals surface area (Å²) in [4.78, 5) is 0. The minimum absolute atomic E-state index is 0.189. The summed E-state index contributed by atoms with van der Waals surface area (Å²) >= 11 is 0. The van der Waals surface area contributed by atoms with Gasteiger partial charge in [0.1, 0.15) is 0 Å². The van der Waals surface area contributed by atoms with E-state index in [2.05, 4.69) is 43.4 Å². The van der Waals surface area contributed by atoms with E-state index in [1.807, 2.05) is 36.4 Å². The van der Waals surface area contributed by atoms with Crippen molar-refractivity contribution >= 4 is 11.4 Å². The molecule has 2 nitrogen and oxygen atoms in total. The van der Waals surface area contributed by atoms with Crippen LogP contribution in [0.2, 0.25) is 0 Å². The maximum absolute atomic E-state index is 8.39. The van der Waals surface area contributed by atoms with Crippen molar-refractivity contribution in [2.45, 2.75) is 26.7 Å². The molecule has 0 saturated heterocycles. The molecule has 0 aliphatic heterocycles. The third-order valence-corrected chi connectivity index (χ3v) is 4.10. The Hall–Kier alpha value is -2.09. The maximum atomic E-state index is 8.39. The Labute approximate surface area is 134 Å². The second kappa shape index (κ2) is 8.38. The van der Waals surface area contributed by atoms with Crippen molar-refractivity contribution in [3.63, 3.8) is 0 Å². The second-order valence-corrected chi connectivity index (χ2v) is 5.93. The highest BCUT2D eigenvalue weighted by molar-refractivity contribution is 6.01. The van der Waals surface area contributed by atoms with Crippen molar-refractivity contribution in [3.05, 3.63) is 66.3 Å². The van der Waals surface area contributed by atoms with Crippen molar-refractivity contribution in [3.8, 4) is 0 Å². The lowest BCUT2D eigenvalue weighted by molar-refractivity contribution is 0.544. The molecule has 1 aromatic rings. The van der Waals surface area contributed by atoms with Crippen LogP contribution in [0, 0.1) is 17.2 Å². The molecule has 1 aliphatic carbocycles. The Morgan fingerprint density at radius 1 is 1.32 bits per heavy atom. The summed E-state index contributed by atoms with van der Waals surface area (Å²) in [5.41, 5.74) is 2.86. The molecule has 0 amide bonds. The molecular weight excluding hydrogens is 268 g/mol. The van der Waals surface area contributed by atoms with Gasteiger partial charge in [-0.2, -0.15) is 0 Å². The largest absolute Gasteiger partial charge is 0.384 e. The average Bonchev–Trinajstić information content (AvgIpc) is 2.59. The zero-order valence-corrected chi connectivity index (χ0v) is 13.5. The molecule has 2 unspecified atom stereocenters. The number of benzene rings is 1.